The Morgan fingerprint density at radius 3 is 2.54 bits per heavy atom. The zero-order valence-corrected chi connectivity index (χ0v) is 22.0. The van der Waals surface area contributed by atoms with E-state index in [1.54, 1.807) is 27.3 Å². The van der Waals surface area contributed by atoms with Crippen molar-refractivity contribution in [2.75, 3.05) is 54.7 Å². The number of esters is 1. The molecule has 0 radical (unpaired) electrons. The molecule has 1 aliphatic heterocycles. The number of benzene rings is 1. The average Bonchev–Trinajstić information content (AvgIpc) is 2.80. The predicted octanol–water partition coefficient (Wildman–Crippen LogP) is 3.80. The van der Waals surface area contributed by atoms with Gasteiger partial charge in [0.15, 0.2) is 16.9 Å². The van der Waals surface area contributed by atoms with Crippen molar-refractivity contribution in [3.05, 3.63) is 45.7 Å². The van der Waals surface area contributed by atoms with E-state index in [1.165, 1.54) is 6.07 Å². The monoisotopic (exact) mass is 486 g/mol. The highest BCUT2D eigenvalue weighted by atomic mass is 16.5. The van der Waals surface area contributed by atoms with Gasteiger partial charge in [0.2, 0.25) is 0 Å². The number of pyridine rings is 1. The van der Waals surface area contributed by atoms with E-state index in [1.807, 2.05) is 30.8 Å². The molecular formula is C27H38N2O6. The van der Waals surface area contributed by atoms with Gasteiger partial charge in [0.05, 0.1) is 32.6 Å². The summed E-state index contributed by atoms with van der Waals surface area (Å²) in [6.07, 6.45) is 3.21. The lowest BCUT2D eigenvalue weighted by Gasteiger charge is -2.40. The minimum atomic E-state index is -0.610. The van der Waals surface area contributed by atoms with E-state index in [0.717, 1.165) is 29.8 Å². The molecule has 0 aliphatic carbocycles. The molecule has 0 amide bonds. The molecule has 0 bridgehead atoms. The molecule has 0 fully saturated rings. The molecule has 1 aliphatic rings. The number of carbonyl (C=O) groups is 1. The Morgan fingerprint density at radius 1 is 1.17 bits per heavy atom. The second kappa shape index (κ2) is 11.3. The summed E-state index contributed by atoms with van der Waals surface area (Å²) in [6.45, 7) is 8.19. The van der Waals surface area contributed by atoms with Crippen molar-refractivity contribution in [2.24, 2.45) is 5.41 Å². The van der Waals surface area contributed by atoms with E-state index in [2.05, 4.69) is 18.7 Å². The van der Waals surface area contributed by atoms with E-state index in [0.29, 0.717) is 31.1 Å². The van der Waals surface area contributed by atoms with Gasteiger partial charge in [0.25, 0.3) is 0 Å². The third kappa shape index (κ3) is 5.87. The van der Waals surface area contributed by atoms with E-state index >= 15 is 0 Å². The van der Waals surface area contributed by atoms with Gasteiger partial charge >= 0.3 is 5.97 Å². The number of ether oxygens (including phenoxy) is 4. The number of rotatable bonds is 11. The summed E-state index contributed by atoms with van der Waals surface area (Å²) in [5, 5.41) is 0. The van der Waals surface area contributed by atoms with Crippen LogP contribution >= 0.6 is 0 Å². The zero-order chi connectivity index (χ0) is 25.8. The van der Waals surface area contributed by atoms with Gasteiger partial charge in [0.1, 0.15) is 5.56 Å². The fourth-order valence-electron chi connectivity index (χ4n) is 4.66. The number of methoxy groups -OCH3 is 2. The minimum absolute atomic E-state index is 0.0325. The summed E-state index contributed by atoms with van der Waals surface area (Å²) in [5.74, 6) is 0.685. The zero-order valence-electron chi connectivity index (χ0n) is 22.0. The number of hydrogen-bond acceptors (Lipinski definition) is 7. The Hall–Kier alpha value is -2.84. The van der Waals surface area contributed by atoms with Gasteiger partial charge in [-0.25, -0.2) is 4.79 Å². The third-order valence-electron chi connectivity index (χ3n) is 6.42. The average molecular weight is 487 g/mol. The molecule has 8 nitrogen and oxygen atoms in total. The van der Waals surface area contributed by atoms with Crippen molar-refractivity contribution < 1.29 is 23.7 Å². The van der Waals surface area contributed by atoms with Crippen molar-refractivity contribution in [1.29, 1.82) is 0 Å². The standard InChI is InChI=1S/C27H38N2O6/c1-8-34-26(31)20-16-29-21(15-22(20)30)19-14-23(33-7)24(35-11-9-10-28(4)5)12-18(19)13-25(29)27(2,3)17-32-6/h12,14-16,25H,8-11,13,17H2,1-7H3. The molecule has 35 heavy (non-hydrogen) atoms. The van der Waals surface area contributed by atoms with Crippen LogP contribution in [-0.4, -0.2) is 70.1 Å². The molecule has 0 spiro atoms. The lowest BCUT2D eigenvalue weighted by atomic mass is 9.77. The molecule has 1 aromatic heterocycles. The highest BCUT2D eigenvalue weighted by Gasteiger charge is 2.37. The fourth-order valence-corrected chi connectivity index (χ4v) is 4.66. The topological polar surface area (TPSA) is 79.2 Å². The lowest BCUT2D eigenvalue weighted by Crippen LogP contribution is -2.37. The predicted molar refractivity (Wildman–Crippen MR) is 136 cm³/mol. The van der Waals surface area contributed by atoms with Crippen molar-refractivity contribution in [3.8, 4) is 22.8 Å². The van der Waals surface area contributed by atoms with Crippen molar-refractivity contribution in [2.45, 2.75) is 39.7 Å². The summed E-state index contributed by atoms with van der Waals surface area (Å²) in [6, 6.07) is 5.41. The SMILES string of the molecule is CCOC(=O)c1cn2c(cc1=O)-c1cc(OC)c(OCCCN(C)C)cc1CC2C(C)(C)COC. The maximum absolute atomic E-state index is 13.0. The molecule has 192 valence electrons. The normalized spacial score (nSPS) is 14.9. The summed E-state index contributed by atoms with van der Waals surface area (Å²) < 4.78 is 24.4. The molecule has 8 heteroatoms. The Balaban J connectivity index is 2.12. The van der Waals surface area contributed by atoms with Gasteiger partial charge in [0, 0.05) is 42.9 Å². The highest BCUT2D eigenvalue weighted by Crippen LogP contribution is 2.46. The number of aromatic nitrogens is 1. The minimum Gasteiger partial charge on any atom is -0.493 e. The summed E-state index contributed by atoms with van der Waals surface area (Å²) in [7, 11) is 7.36. The van der Waals surface area contributed by atoms with Crippen molar-refractivity contribution in [1.82, 2.24) is 9.47 Å². The molecule has 2 heterocycles. The second-order valence-electron chi connectivity index (χ2n) is 9.87. The lowest BCUT2D eigenvalue weighted by molar-refractivity contribution is 0.0516. The van der Waals surface area contributed by atoms with E-state index in [9.17, 15) is 9.59 Å². The molecule has 1 unspecified atom stereocenters. The van der Waals surface area contributed by atoms with Crippen molar-refractivity contribution >= 4 is 5.97 Å². The molecule has 3 rings (SSSR count). The largest absolute Gasteiger partial charge is 0.493 e. The number of nitrogens with zero attached hydrogens (tertiary/aromatic N) is 2. The molecule has 2 aromatic rings. The van der Waals surface area contributed by atoms with E-state index in [4.69, 9.17) is 18.9 Å². The van der Waals surface area contributed by atoms with E-state index in [-0.39, 0.29) is 29.1 Å². The molecule has 1 aromatic carbocycles. The first-order valence-electron chi connectivity index (χ1n) is 12.0. The third-order valence-corrected chi connectivity index (χ3v) is 6.42. The molecule has 0 N–H and O–H groups in total. The van der Waals surface area contributed by atoms with Crippen LogP contribution < -0.4 is 14.9 Å². The Labute approximate surface area is 207 Å². The number of hydrogen-bond donors (Lipinski definition) is 0. The van der Waals surface area contributed by atoms with Crippen LogP contribution in [0.1, 0.15) is 49.2 Å². The van der Waals surface area contributed by atoms with Gasteiger partial charge in [-0.3, -0.25) is 4.79 Å². The molecule has 0 saturated heterocycles. The van der Waals surface area contributed by atoms with Crippen LogP contribution in [0.2, 0.25) is 0 Å². The van der Waals surface area contributed by atoms with Crippen LogP contribution in [0.3, 0.4) is 0 Å². The Kier molecular flexibility index (Phi) is 8.61. The van der Waals surface area contributed by atoms with Crippen LogP contribution in [0.15, 0.2) is 29.2 Å². The Bertz CT molecular complexity index is 1110. The molecule has 0 saturated carbocycles. The summed E-state index contributed by atoms with van der Waals surface area (Å²) >= 11 is 0. The summed E-state index contributed by atoms with van der Waals surface area (Å²) in [4.78, 5) is 27.6. The molecular weight excluding hydrogens is 448 g/mol. The van der Waals surface area contributed by atoms with Crippen LogP contribution in [0, 0.1) is 5.41 Å². The first-order chi connectivity index (χ1) is 16.6. The highest BCUT2D eigenvalue weighted by molar-refractivity contribution is 5.89. The number of carbonyl (C=O) groups excluding carboxylic acids is 1. The Morgan fingerprint density at radius 2 is 1.91 bits per heavy atom. The summed E-state index contributed by atoms with van der Waals surface area (Å²) in [5.41, 5.74) is 2.06. The van der Waals surface area contributed by atoms with Crippen LogP contribution in [0.25, 0.3) is 11.3 Å². The maximum Gasteiger partial charge on any atom is 0.343 e. The fraction of sp³-hybridized carbons (Fsp3) is 0.556. The second-order valence-corrected chi connectivity index (χ2v) is 9.87. The van der Waals surface area contributed by atoms with Crippen LogP contribution in [0.4, 0.5) is 0 Å². The first-order valence-corrected chi connectivity index (χ1v) is 12.0. The maximum atomic E-state index is 13.0. The smallest absolute Gasteiger partial charge is 0.343 e. The van der Waals surface area contributed by atoms with Crippen molar-refractivity contribution in [3.63, 3.8) is 0 Å². The van der Waals surface area contributed by atoms with Crippen LogP contribution in [-0.2, 0) is 15.9 Å². The quantitative estimate of drug-likeness (QED) is 0.353. The van der Waals surface area contributed by atoms with Gasteiger partial charge in [-0.05, 0) is 51.6 Å². The van der Waals surface area contributed by atoms with Gasteiger partial charge in [-0.15, -0.1) is 0 Å². The van der Waals surface area contributed by atoms with Gasteiger partial charge < -0.3 is 28.4 Å². The number of fused-ring (bicyclic) bond motifs is 3. The first kappa shape index (κ1) is 26.8. The van der Waals surface area contributed by atoms with Gasteiger partial charge in [-0.2, -0.15) is 0 Å². The molecule has 1 atom stereocenters. The van der Waals surface area contributed by atoms with Gasteiger partial charge in [-0.1, -0.05) is 13.8 Å². The van der Waals surface area contributed by atoms with Crippen LogP contribution in [0.5, 0.6) is 11.5 Å². The van der Waals surface area contributed by atoms with E-state index < -0.39 is 5.97 Å².